The van der Waals surface area contributed by atoms with E-state index in [2.05, 4.69) is 21.5 Å². The third kappa shape index (κ3) is 3.23. The second kappa shape index (κ2) is 6.86. The molecular formula is C19H15N5O3S. The van der Waals surface area contributed by atoms with Crippen molar-refractivity contribution in [3.8, 4) is 10.6 Å². The number of benzene rings is 2. The normalized spacial score (nSPS) is 10.9. The summed E-state index contributed by atoms with van der Waals surface area (Å²) >= 11 is 1.60. The molecule has 0 unspecified atom stereocenters. The molecule has 2 aromatic heterocycles. The van der Waals surface area contributed by atoms with Gasteiger partial charge < -0.3 is 5.32 Å². The number of rotatable bonds is 4. The molecule has 9 heteroatoms. The number of carbonyl (C=O) groups excluding carboxylic acids is 1. The van der Waals surface area contributed by atoms with Crippen molar-refractivity contribution in [2.75, 3.05) is 5.32 Å². The fourth-order valence-electron chi connectivity index (χ4n) is 2.86. The molecule has 2 heterocycles. The molecule has 1 N–H and O–H groups in total. The summed E-state index contributed by atoms with van der Waals surface area (Å²) in [5.41, 5.74) is 3.16. The molecule has 28 heavy (non-hydrogen) atoms. The van der Waals surface area contributed by atoms with Crippen LogP contribution >= 0.6 is 11.3 Å². The summed E-state index contributed by atoms with van der Waals surface area (Å²) in [5.74, 6) is -0.588. The van der Waals surface area contributed by atoms with Crippen LogP contribution in [0.1, 0.15) is 16.1 Å². The molecule has 0 aliphatic heterocycles. The van der Waals surface area contributed by atoms with Crippen molar-refractivity contribution < 1.29 is 9.72 Å². The summed E-state index contributed by atoms with van der Waals surface area (Å²) in [4.78, 5) is 27.5. The highest BCUT2D eigenvalue weighted by atomic mass is 32.1. The number of aryl methyl sites for hydroxylation is 2. The molecular weight excluding hydrogens is 378 g/mol. The third-order valence-corrected chi connectivity index (χ3v) is 5.33. The maximum atomic E-state index is 12.4. The number of anilines is 1. The lowest BCUT2D eigenvalue weighted by molar-refractivity contribution is -0.385. The molecule has 0 saturated carbocycles. The minimum Gasteiger partial charge on any atom is -0.320 e. The summed E-state index contributed by atoms with van der Waals surface area (Å²) in [6.07, 6.45) is 1.06. The van der Waals surface area contributed by atoms with Gasteiger partial charge in [-0.2, -0.15) is 5.10 Å². The Hall–Kier alpha value is -3.59. The van der Waals surface area contributed by atoms with Gasteiger partial charge in [-0.3, -0.25) is 19.6 Å². The van der Waals surface area contributed by atoms with E-state index in [4.69, 9.17) is 0 Å². The van der Waals surface area contributed by atoms with Gasteiger partial charge in [0, 0.05) is 18.3 Å². The molecule has 0 saturated heterocycles. The molecule has 0 aliphatic rings. The zero-order chi connectivity index (χ0) is 19.8. The highest BCUT2D eigenvalue weighted by molar-refractivity contribution is 7.21. The first kappa shape index (κ1) is 17.8. The van der Waals surface area contributed by atoms with Crippen LogP contribution in [0.3, 0.4) is 0 Å². The van der Waals surface area contributed by atoms with E-state index in [1.165, 1.54) is 17.3 Å². The molecule has 1 amide bonds. The maximum Gasteiger partial charge on any atom is 0.320 e. The Balaban J connectivity index is 1.57. The van der Waals surface area contributed by atoms with Gasteiger partial charge in [-0.1, -0.05) is 6.07 Å². The second-order valence-corrected chi connectivity index (χ2v) is 7.31. The monoisotopic (exact) mass is 393 g/mol. The van der Waals surface area contributed by atoms with Crippen LogP contribution < -0.4 is 5.32 Å². The Kier molecular flexibility index (Phi) is 4.36. The van der Waals surface area contributed by atoms with Crippen molar-refractivity contribution in [3.05, 3.63) is 70.0 Å². The SMILES string of the molecule is Cc1ccc2nc(-c3ccc(NC(=O)c4c([N+](=O)[O-])cnn4C)cc3)sc2c1. The van der Waals surface area contributed by atoms with Crippen molar-refractivity contribution in [3.63, 3.8) is 0 Å². The third-order valence-electron chi connectivity index (χ3n) is 4.26. The summed E-state index contributed by atoms with van der Waals surface area (Å²) in [6, 6.07) is 13.3. The van der Waals surface area contributed by atoms with Crippen LogP contribution in [-0.2, 0) is 7.05 Å². The highest BCUT2D eigenvalue weighted by Gasteiger charge is 2.25. The van der Waals surface area contributed by atoms with E-state index in [-0.39, 0.29) is 11.4 Å². The molecule has 8 nitrogen and oxygen atoms in total. The Morgan fingerprint density at radius 2 is 1.96 bits per heavy atom. The Morgan fingerprint density at radius 1 is 1.21 bits per heavy atom. The van der Waals surface area contributed by atoms with Crippen LogP contribution in [-0.4, -0.2) is 25.6 Å². The summed E-state index contributed by atoms with van der Waals surface area (Å²) in [5, 5.41) is 18.4. The number of thiazole rings is 1. The average Bonchev–Trinajstić information content (AvgIpc) is 3.25. The lowest BCUT2D eigenvalue weighted by atomic mass is 10.2. The second-order valence-electron chi connectivity index (χ2n) is 6.28. The lowest BCUT2D eigenvalue weighted by Gasteiger charge is -2.06. The first-order chi connectivity index (χ1) is 13.4. The number of fused-ring (bicyclic) bond motifs is 1. The van der Waals surface area contributed by atoms with E-state index in [0.717, 1.165) is 27.0 Å². The topological polar surface area (TPSA) is 103 Å². The van der Waals surface area contributed by atoms with E-state index in [0.29, 0.717) is 5.69 Å². The number of amides is 1. The number of hydrogen-bond acceptors (Lipinski definition) is 6. The quantitative estimate of drug-likeness (QED) is 0.414. The molecule has 0 atom stereocenters. The van der Waals surface area contributed by atoms with Gasteiger partial charge in [-0.25, -0.2) is 4.98 Å². The number of hydrogen-bond donors (Lipinski definition) is 1. The van der Waals surface area contributed by atoms with E-state index >= 15 is 0 Å². The standard InChI is InChI=1S/C19H15N5O3S/c1-11-3-8-14-16(9-11)28-19(22-14)12-4-6-13(7-5-12)21-18(25)17-15(24(26)27)10-20-23(17)2/h3-10H,1-2H3,(H,21,25). The number of carbonyl (C=O) groups is 1. The van der Waals surface area contributed by atoms with Crippen LogP contribution in [0.5, 0.6) is 0 Å². The van der Waals surface area contributed by atoms with Crippen molar-refractivity contribution >= 4 is 38.8 Å². The first-order valence-electron chi connectivity index (χ1n) is 8.38. The molecule has 0 fully saturated rings. The van der Waals surface area contributed by atoms with E-state index in [1.807, 2.05) is 31.2 Å². The number of nitro groups is 1. The molecule has 4 rings (SSSR count). The number of nitrogens with one attached hydrogen (secondary N) is 1. The number of aromatic nitrogens is 3. The molecule has 4 aromatic rings. The van der Waals surface area contributed by atoms with Crippen LogP contribution in [0.15, 0.2) is 48.7 Å². The van der Waals surface area contributed by atoms with Crippen LogP contribution in [0.4, 0.5) is 11.4 Å². The Bertz CT molecular complexity index is 1210. The Morgan fingerprint density at radius 3 is 2.68 bits per heavy atom. The van der Waals surface area contributed by atoms with Gasteiger partial charge in [-0.05, 0) is 48.9 Å². The smallest absolute Gasteiger partial charge is 0.320 e. The average molecular weight is 393 g/mol. The highest BCUT2D eigenvalue weighted by Crippen LogP contribution is 2.31. The van der Waals surface area contributed by atoms with E-state index < -0.39 is 10.8 Å². The summed E-state index contributed by atoms with van der Waals surface area (Å²) in [7, 11) is 1.49. The lowest BCUT2D eigenvalue weighted by Crippen LogP contribution is -2.17. The van der Waals surface area contributed by atoms with Crippen LogP contribution in [0.25, 0.3) is 20.8 Å². The van der Waals surface area contributed by atoms with Gasteiger partial charge >= 0.3 is 5.69 Å². The maximum absolute atomic E-state index is 12.4. The van der Waals surface area contributed by atoms with Crippen molar-refractivity contribution in [1.82, 2.24) is 14.8 Å². The molecule has 2 aromatic carbocycles. The number of nitrogens with zero attached hydrogens (tertiary/aromatic N) is 4. The summed E-state index contributed by atoms with van der Waals surface area (Å²) in [6.45, 7) is 2.04. The predicted molar refractivity (Wildman–Crippen MR) is 108 cm³/mol. The van der Waals surface area contributed by atoms with Gasteiger partial charge in [0.1, 0.15) is 11.2 Å². The molecule has 0 bridgehead atoms. The van der Waals surface area contributed by atoms with Crippen molar-refractivity contribution in [1.29, 1.82) is 0 Å². The molecule has 140 valence electrons. The largest absolute Gasteiger partial charge is 0.320 e. The molecule has 0 aliphatic carbocycles. The van der Waals surface area contributed by atoms with Gasteiger partial charge in [-0.15, -0.1) is 11.3 Å². The first-order valence-corrected chi connectivity index (χ1v) is 9.19. The summed E-state index contributed by atoms with van der Waals surface area (Å²) < 4.78 is 2.31. The minimum atomic E-state index is -0.625. The van der Waals surface area contributed by atoms with Gasteiger partial charge in [0.25, 0.3) is 5.91 Å². The van der Waals surface area contributed by atoms with E-state index in [1.54, 1.807) is 23.5 Å². The fourth-order valence-corrected chi connectivity index (χ4v) is 3.93. The van der Waals surface area contributed by atoms with Gasteiger partial charge in [0.05, 0.1) is 15.1 Å². The molecule has 0 radical (unpaired) electrons. The zero-order valence-corrected chi connectivity index (χ0v) is 15.9. The van der Waals surface area contributed by atoms with Gasteiger partial charge in [0.2, 0.25) is 5.69 Å². The minimum absolute atomic E-state index is 0.101. The van der Waals surface area contributed by atoms with Gasteiger partial charge in [0.15, 0.2) is 0 Å². The van der Waals surface area contributed by atoms with Crippen molar-refractivity contribution in [2.24, 2.45) is 7.05 Å². The fraction of sp³-hybridized carbons (Fsp3) is 0.105. The van der Waals surface area contributed by atoms with Crippen LogP contribution in [0.2, 0.25) is 0 Å². The predicted octanol–water partition coefficient (Wildman–Crippen LogP) is 4.17. The zero-order valence-electron chi connectivity index (χ0n) is 15.0. The van der Waals surface area contributed by atoms with Crippen molar-refractivity contribution in [2.45, 2.75) is 6.92 Å². The van der Waals surface area contributed by atoms with E-state index in [9.17, 15) is 14.9 Å². The molecule has 0 spiro atoms. The van der Waals surface area contributed by atoms with Crippen LogP contribution in [0, 0.1) is 17.0 Å². The Labute approximate surface area is 163 Å².